The molecule has 3 heterocycles. The molecule has 6 nitrogen and oxygen atoms in total. The molecule has 1 aromatic heterocycles. The van der Waals surface area contributed by atoms with Crippen molar-refractivity contribution < 1.29 is 4.79 Å². The summed E-state index contributed by atoms with van der Waals surface area (Å²) in [4.78, 5) is 29.1. The van der Waals surface area contributed by atoms with Gasteiger partial charge in [-0.25, -0.2) is 9.97 Å². The standard InChI is InChI=1S/C21H33N5O/c1-15-16(2)22-17(3)23-20(15)26-12-11-24(4)21(14-26)8-7-19(27)25(10-9-21)13-18-5-6-18/h18H,5-14H2,1-4H3/t21-/m1/s1. The van der Waals surface area contributed by atoms with Crippen molar-refractivity contribution in [3.05, 3.63) is 17.1 Å². The first-order valence-electron chi connectivity index (χ1n) is 10.4. The van der Waals surface area contributed by atoms with E-state index in [1.807, 2.05) is 6.92 Å². The lowest BCUT2D eigenvalue weighted by molar-refractivity contribution is -0.130. The van der Waals surface area contributed by atoms with Gasteiger partial charge >= 0.3 is 0 Å². The Kier molecular flexibility index (Phi) is 4.87. The lowest BCUT2D eigenvalue weighted by Gasteiger charge is -2.50. The third-order valence-corrected chi connectivity index (χ3v) is 6.95. The summed E-state index contributed by atoms with van der Waals surface area (Å²) in [5.41, 5.74) is 2.31. The van der Waals surface area contributed by atoms with Crippen molar-refractivity contribution in [2.24, 2.45) is 5.92 Å². The number of likely N-dealkylation sites (N-methyl/N-ethyl adjacent to an activating group) is 1. The van der Waals surface area contributed by atoms with E-state index < -0.39 is 0 Å². The van der Waals surface area contributed by atoms with E-state index in [1.54, 1.807) is 0 Å². The maximum Gasteiger partial charge on any atom is 0.222 e. The summed E-state index contributed by atoms with van der Waals surface area (Å²) in [6.07, 6.45) is 5.27. The van der Waals surface area contributed by atoms with Crippen LogP contribution in [0.2, 0.25) is 0 Å². The summed E-state index contributed by atoms with van der Waals surface area (Å²) in [6, 6.07) is 0. The zero-order valence-corrected chi connectivity index (χ0v) is 17.3. The van der Waals surface area contributed by atoms with Crippen molar-refractivity contribution in [1.29, 1.82) is 0 Å². The van der Waals surface area contributed by atoms with E-state index in [4.69, 9.17) is 4.98 Å². The SMILES string of the molecule is Cc1nc(C)c(C)c(N2CCN(C)[C@@]3(CCC(=O)N(CC4CC4)CC3)C2)n1. The zero-order chi connectivity index (χ0) is 19.2. The number of amides is 1. The van der Waals surface area contributed by atoms with Gasteiger partial charge in [-0.05, 0) is 59.4 Å². The molecule has 1 spiro atoms. The minimum Gasteiger partial charge on any atom is -0.353 e. The highest BCUT2D eigenvalue weighted by Gasteiger charge is 2.43. The number of likely N-dealkylation sites (tertiary alicyclic amines) is 1. The molecule has 0 N–H and O–H groups in total. The second kappa shape index (κ2) is 7.04. The van der Waals surface area contributed by atoms with E-state index in [2.05, 4.69) is 40.6 Å². The Bertz CT molecular complexity index is 732. The van der Waals surface area contributed by atoms with Gasteiger partial charge in [-0.15, -0.1) is 0 Å². The van der Waals surface area contributed by atoms with Crippen LogP contribution in [0.3, 0.4) is 0 Å². The number of rotatable bonds is 3. The molecule has 3 aliphatic rings. The topological polar surface area (TPSA) is 52.6 Å². The molecular formula is C21H33N5O. The Morgan fingerprint density at radius 1 is 1.07 bits per heavy atom. The molecule has 0 bridgehead atoms. The number of hydrogen-bond acceptors (Lipinski definition) is 5. The Morgan fingerprint density at radius 2 is 1.85 bits per heavy atom. The van der Waals surface area contributed by atoms with E-state index >= 15 is 0 Å². The highest BCUT2D eigenvalue weighted by Crippen LogP contribution is 2.36. The number of piperazine rings is 1. The molecular weight excluding hydrogens is 338 g/mol. The fourth-order valence-electron chi connectivity index (χ4n) is 4.74. The van der Waals surface area contributed by atoms with Gasteiger partial charge in [-0.3, -0.25) is 9.69 Å². The third-order valence-electron chi connectivity index (χ3n) is 6.95. The number of aryl methyl sites for hydroxylation is 2. The predicted molar refractivity (Wildman–Crippen MR) is 107 cm³/mol. The average Bonchev–Trinajstić information content (AvgIpc) is 3.46. The van der Waals surface area contributed by atoms with Crippen LogP contribution < -0.4 is 4.90 Å². The molecule has 6 heteroatoms. The Balaban J connectivity index is 1.56. The third kappa shape index (κ3) is 3.68. The molecule has 1 saturated carbocycles. The fourth-order valence-corrected chi connectivity index (χ4v) is 4.74. The van der Waals surface area contributed by atoms with Crippen molar-refractivity contribution in [3.63, 3.8) is 0 Å². The molecule has 1 aromatic rings. The van der Waals surface area contributed by atoms with Gasteiger partial charge in [0, 0.05) is 55.9 Å². The van der Waals surface area contributed by atoms with Crippen LogP contribution in [-0.2, 0) is 4.79 Å². The van der Waals surface area contributed by atoms with Crippen molar-refractivity contribution in [3.8, 4) is 0 Å². The van der Waals surface area contributed by atoms with E-state index in [1.165, 1.54) is 18.4 Å². The van der Waals surface area contributed by atoms with Gasteiger partial charge in [0.05, 0.1) is 0 Å². The van der Waals surface area contributed by atoms with Gasteiger partial charge in [-0.1, -0.05) is 0 Å². The highest BCUT2D eigenvalue weighted by molar-refractivity contribution is 5.76. The summed E-state index contributed by atoms with van der Waals surface area (Å²) in [5.74, 6) is 3.04. The van der Waals surface area contributed by atoms with Crippen LogP contribution in [0.5, 0.6) is 0 Å². The van der Waals surface area contributed by atoms with Crippen molar-refractivity contribution >= 4 is 11.7 Å². The highest BCUT2D eigenvalue weighted by atomic mass is 16.2. The molecule has 1 atom stereocenters. The molecule has 2 saturated heterocycles. The molecule has 0 unspecified atom stereocenters. The van der Waals surface area contributed by atoms with Gasteiger partial charge in [0.15, 0.2) is 0 Å². The summed E-state index contributed by atoms with van der Waals surface area (Å²) >= 11 is 0. The maximum absolute atomic E-state index is 12.7. The first kappa shape index (κ1) is 18.7. The largest absolute Gasteiger partial charge is 0.353 e. The van der Waals surface area contributed by atoms with Crippen molar-refractivity contribution in [1.82, 2.24) is 19.8 Å². The lowest BCUT2D eigenvalue weighted by atomic mass is 9.86. The molecule has 3 fully saturated rings. The van der Waals surface area contributed by atoms with Gasteiger partial charge in [0.25, 0.3) is 0 Å². The number of anilines is 1. The van der Waals surface area contributed by atoms with E-state index in [0.717, 1.165) is 68.8 Å². The monoisotopic (exact) mass is 371 g/mol. The molecule has 0 radical (unpaired) electrons. The molecule has 27 heavy (non-hydrogen) atoms. The second-order valence-electron chi connectivity index (χ2n) is 8.91. The van der Waals surface area contributed by atoms with Crippen LogP contribution in [0, 0.1) is 26.7 Å². The summed E-state index contributed by atoms with van der Waals surface area (Å²) in [5, 5.41) is 0. The van der Waals surface area contributed by atoms with Crippen LogP contribution in [0.1, 0.15) is 49.2 Å². The lowest BCUT2D eigenvalue weighted by Crippen LogP contribution is -2.61. The summed E-state index contributed by atoms with van der Waals surface area (Å²) in [7, 11) is 2.24. The Morgan fingerprint density at radius 3 is 2.59 bits per heavy atom. The Labute approximate surface area is 162 Å². The van der Waals surface area contributed by atoms with Gasteiger partial charge in [0.1, 0.15) is 11.6 Å². The van der Waals surface area contributed by atoms with E-state index in [0.29, 0.717) is 12.3 Å². The van der Waals surface area contributed by atoms with Crippen LogP contribution in [0.15, 0.2) is 0 Å². The first-order chi connectivity index (χ1) is 12.9. The molecule has 148 valence electrons. The second-order valence-corrected chi connectivity index (χ2v) is 8.91. The molecule has 4 rings (SSSR count). The van der Waals surface area contributed by atoms with Crippen LogP contribution in [-0.4, -0.2) is 71.0 Å². The molecule has 1 amide bonds. The number of carbonyl (C=O) groups excluding carboxylic acids is 1. The number of aromatic nitrogens is 2. The normalized spacial score (nSPS) is 27.3. The summed E-state index contributed by atoms with van der Waals surface area (Å²) < 4.78 is 0. The molecule has 1 aliphatic carbocycles. The van der Waals surface area contributed by atoms with Crippen molar-refractivity contribution in [2.75, 3.05) is 44.7 Å². The first-order valence-corrected chi connectivity index (χ1v) is 10.4. The van der Waals surface area contributed by atoms with Gasteiger partial charge in [-0.2, -0.15) is 0 Å². The average molecular weight is 372 g/mol. The Hall–Kier alpha value is -1.69. The van der Waals surface area contributed by atoms with Crippen molar-refractivity contribution in [2.45, 2.75) is 58.4 Å². The van der Waals surface area contributed by atoms with Crippen LogP contribution >= 0.6 is 0 Å². The van der Waals surface area contributed by atoms with Gasteiger partial charge in [0.2, 0.25) is 5.91 Å². The molecule has 2 aliphatic heterocycles. The number of hydrogen-bond donors (Lipinski definition) is 0. The zero-order valence-electron chi connectivity index (χ0n) is 17.3. The van der Waals surface area contributed by atoms with Crippen LogP contribution in [0.4, 0.5) is 5.82 Å². The quantitative estimate of drug-likeness (QED) is 0.816. The van der Waals surface area contributed by atoms with Crippen LogP contribution in [0.25, 0.3) is 0 Å². The van der Waals surface area contributed by atoms with Gasteiger partial charge < -0.3 is 9.80 Å². The number of carbonyl (C=O) groups is 1. The fraction of sp³-hybridized carbons (Fsp3) is 0.762. The minimum atomic E-state index is 0.0609. The molecule has 0 aromatic carbocycles. The minimum absolute atomic E-state index is 0.0609. The van der Waals surface area contributed by atoms with E-state index in [9.17, 15) is 4.79 Å². The predicted octanol–water partition coefficient (Wildman–Crippen LogP) is 2.31. The summed E-state index contributed by atoms with van der Waals surface area (Å²) in [6.45, 7) is 11.0. The maximum atomic E-state index is 12.7. The number of nitrogens with zero attached hydrogens (tertiary/aromatic N) is 5. The smallest absolute Gasteiger partial charge is 0.222 e. The van der Waals surface area contributed by atoms with E-state index in [-0.39, 0.29) is 5.54 Å².